The summed E-state index contributed by atoms with van der Waals surface area (Å²) < 4.78 is 14.3. The Morgan fingerprint density at radius 2 is 1.95 bits per heavy atom. The first-order chi connectivity index (χ1) is 9.50. The van der Waals surface area contributed by atoms with Gasteiger partial charge in [-0.25, -0.2) is 4.39 Å². The highest BCUT2D eigenvalue weighted by atomic mass is 79.9. The number of hydrogen-bond donors (Lipinski definition) is 1. The Kier molecular flexibility index (Phi) is 4.46. The monoisotopic (exact) mass is 338 g/mol. The number of hydrogen-bond acceptors (Lipinski definition) is 3. The molecule has 0 fully saturated rings. The second kappa shape index (κ2) is 6.11. The molecular weight excluding hydrogens is 327 g/mol. The maximum Gasteiger partial charge on any atom is 0.272 e. The summed E-state index contributed by atoms with van der Waals surface area (Å²) in [7, 11) is 0. The minimum Gasteiger partial charge on any atom is -0.324 e. The number of nitro groups is 1. The van der Waals surface area contributed by atoms with Gasteiger partial charge in [0, 0.05) is 23.2 Å². The average Bonchev–Trinajstić information content (AvgIpc) is 2.42. The van der Waals surface area contributed by atoms with E-state index in [1.807, 2.05) is 0 Å². The molecule has 2 aromatic carbocycles. The van der Waals surface area contributed by atoms with E-state index in [0.29, 0.717) is 15.6 Å². The number of para-hydroxylation sites is 1. The van der Waals surface area contributed by atoms with Crippen LogP contribution < -0.4 is 5.73 Å². The number of halogens is 2. The molecule has 6 heteroatoms. The van der Waals surface area contributed by atoms with Crippen LogP contribution in [0, 0.1) is 15.9 Å². The van der Waals surface area contributed by atoms with E-state index in [4.69, 9.17) is 5.73 Å². The Morgan fingerprint density at radius 1 is 1.25 bits per heavy atom. The fourth-order valence-corrected chi connectivity index (χ4v) is 2.40. The van der Waals surface area contributed by atoms with Gasteiger partial charge in [-0.3, -0.25) is 10.1 Å². The smallest absolute Gasteiger partial charge is 0.272 e. The topological polar surface area (TPSA) is 69.2 Å². The van der Waals surface area contributed by atoms with Crippen LogP contribution in [-0.4, -0.2) is 4.92 Å². The van der Waals surface area contributed by atoms with Crippen molar-refractivity contribution in [3.05, 3.63) is 74.0 Å². The number of nitro benzene ring substituents is 1. The van der Waals surface area contributed by atoms with Crippen molar-refractivity contribution in [2.24, 2.45) is 5.73 Å². The summed E-state index contributed by atoms with van der Waals surface area (Å²) in [5.41, 5.74) is 6.80. The Hall–Kier alpha value is -1.79. The maximum atomic E-state index is 14.0. The lowest BCUT2D eigenvalue weighted by molar-refractivity contribution is -0.385. The summed E-state index contributed by atoms with van der Waals surface area (Å²) in [5.74, 6) is -0.432. The molecule has 0 aliphatic carbocycles. The quantitative estimate of drug-likeness (QED) is 0.681. The zero-order chi connectivity index (χ0) is 14.7. The first-order valence-corrected chi connectivity index (χ1v) is 6.71. The van der Waals surface area contributed by atoms with Gasteiger partial charge in [-0.05, 0) is 28.4 Å². The predicted octanol–water partition coefficient (Wildman–Crippen LogP) is 3.74. The minimum atomic E-state index is -0.645. The van der Waals surface area contributed by atoms with Gasteiger partial charge in [-0.15, -0.1) is 0 Å². The molecule has 0 spiro atoms. The lowest BCUT2D eigenvalue weighted by Crippen LogP contribution is -2.16. The van der Waals surface area contributed by atoms with Gasteiger partial charge in [0.2, 0.25) is 0 Å². The van der Waals surface area contributed by atoms with Crippen LogP contribution in [0.25, 0.3) is 0 Å². The maximum absolute atomic E-state index is 14.0. The Morgan fingerprint density at radius 3 is 2.65 bits per heavy atom. The highest BCUT2D eigenvalue weighted by Gasteiger charge is 2.19. The third kappa shape index (κ3) is 3.02. The number of rotatable bonds is 4. The summed E-state index contributed by atoms with van der Waals surface area (Å²) >= 11 is 3.10. The van der Waals surface area contributed by atoms with E-state index in [0.717, 1.165) is 0 Å². The zero-order valence-corrected chi connectivity index (χ0v) is 12.0. The second-order valence-corrected chi connectivity index (χ2v) is 5.19. The van der Waals surface area contributed by atoms with Gasteiger partial charge in [-0.1, -0.05) is 30.3 Å². The lowest BCUT2D eigenvalue weighted by Gasteiger charge is -2.14. The third-order valence-corrected chi connectivity index (χ3v) is 3.62. The Bertz CT molecular complexity index is 649. The molecule has 0 radical (unpaired) electrons. The van der Waals surface area contributed by atoms with E-state index in [2.05, 4.69) is 15.9 Å². The molecule has 4 nitrogen and oxygen atoms in total. The van der Waals surface area contributed by atoms with Gasteiger partial charge in [0.05, 0.1) is 9.40 Å². The standard InChI is InChI=1S/C14H12BrFN2O2/c15-11-6-3-5-10(14(11)16)12(17)8-9-4-1-2-7-13(9)18(19)20/h1-7,12H,8,17H2. The van der Waals surface area contributed by atoms with Crippen LogP contribution in [0.1, 0.15) is 17.2 Å². The fraction of sp³-hybridized carbons (Fsp3) is 0.143. The molecular formula is C14H12BrFN2O2. The van der Waals surface area contributed by atoms with Crippen molar-refractivity contribution in [2.75, 3.05) is 0 Å². The van der Waals surface area contributed by atoms with Crippen molar-refractivity contribution in [3.8, 4) is 0 Å². The SMILES string of the molecule is NC(Cc1ccccc1[N+](=O)[O-])c1cccc(Br)c1F. The molecule has 2 N–H and O–H groups in total. The predicted molar refractivity (Wildman–Crippen MR) is 77.8 cm³/mol. The first kappa shape index (κ1) is 14.6. The molecule has 2 aromatic rings. The van der Waals surface area contributed by atoms with Gasteiger partial charge in [-0.2, -0.15) is 0 Å². The van der Waals surface area contributed by atoms with Crippen LogP contribution in [0.5, 0.6) is 0 Å². The molecule has 1 atom stereocenters. The summed E-state index contributed by atoms with van der Waals surface area (Å²) in [6.45, 7) is 0. The molecule has 0 saturated heterocycles. The van der Waals surface area contributed by atoms with Gasteiger partial charge < -0.3 is 5.73 Å². The van der Waals surface area contributed by atoms with Crippen molar-refractivity contribution < 1.29 is 9.31 Å². The summed E-state index contributed by atoms with van der Waals surface area (Å²) in [6, 6.07) is 10.5. The lowest BCUT2D eigenvalue weighted by atomic mass is 9.98. The van der Waals surface area contributed by atoms with E-state index in [1.165, 1.54) is 6.07 Å². The number of nitrogens with two attached hydrogens (primary N) is 1. The van der Waals surface area contributed by atoms with Crippen molar-refractivity contribution in [1.82, 2.24) is 0 Å². The molecule has 0 bridgehead atoms. The minimum absolute atomic E-state index is 0.00152. The van der Waals surface area contributed by atoms with E-state index < -0.39 is 16.8 Å². The molecule has 20 heavy (non-hydrogen) atoms. The van der Waals surface area contributed by atoms with Crippen molar-refractivity contribution in [3.63, 3.8) is 0 Å². The summed E-state index contributed by atoms with van der Waals surface area (Å²) in [5, 5.41) is 10.9. The Labute approximate surface area is 123 Å². The molecule has 104 valence electrons. The molecule has 1 unspecified atom stereocenters. The molecule has 2 rings (SSSR count). The normalized spacial score (nSPS) is 12.2. The first-order valence-electron chi connectivity index (χ1n) is 5.92. The van der Waals surface area contributed by atoms with Gasteiger partial charge in [0.25, 0.3) is 5.69 Å². The fourth-order valence-electron chi connectivity index (χ4n) is 2.02. The summed E-state index contributed by atoms with van der Waals surface area (Å²) in [6.07, 6.45) is 0.199. The van der Waals surface area contributed by atoms with Gasteiger partial charge >= 0.3 is 0 Å². The molecule has 0 amide bonds. The number of nitrogens with zero attached hydrogens (tertiary/aromatic N) is 1. The van der Waals surface area contributed by atoms with Crippen molar-refractivity contribution in [1.29, 1.82) is 0 Å². The van der Waals surface area contributed by atoms with E-state index >= 15 is 0 Å². The van der Waals surface area contributed by atoms with Crippen LogP contribution >= 0.6 is 15.9 Å². The van der Waals surface area contributed by atoms with E-state index in [-0.39, 0.29) is 12.1 Å². The second-order valence-electron chi connectivity index (χ2n) is 4.34. The van der Waals surface area contributed by atoms with Crippen LogP contribution in [0.15, 0.2) is 46.9 Å². The molecule has 0 aromatic heterocycles. The highest BCUT2D eigenvalue weighted by molar-refractivity contribution is 9.10. The largest absolute Gasteiger partial charge is 0.324 e. The third-order valence-electron chi connectivity index (χ3n) is 3.01. The van der Waals surface area contributed by atoms with Crippen LogP contribution in [0.4, 0.5) is 10.1 Å². The van der Waals surface area contributed by atoms with Crippen LogP contribution in [0.2, 0.25) is 0 Å². The van der Waals surface area contributed by atoms with Gasteiger partial charge in [0.15, 0.2) is 0 Å². The molecule has 0 saturated carbocycles. The summed E-state index contributed by atoms with van der Waals surface area (Å²) in [4.78, 5) is 10.5. The average molecular weight is 339 g/mol. The highest BCUT2D eigenvalue weighted by Crippen LogP contribution is 2.27. The zero-order valence-electron chi connectivity index (χ0n) is 10.4. The van der Waals surface area contributed by atoms with Crippen LogP contribution in [-0.2, 0) is 6.42 Å². The van der Waals surface area contributed by atoms with E-state index in [9.17, 15) is 14.5 Å². The number of benzene rings is 2. The molecule has 0 heterocycles. The van der Waals surface area contributed by atoms with Crippen LogP contribution in [0.3, 0.4) is 0 Å². The van der Waals surface area contributed by atoms with E-state index in [1.54, 1.807) is 36.4 Å². The molecule has 0 aliphatic heterocycles. The van der Waals surface area contributed by atoms with Crippen molar-refractivity contribution in [2.45, 2.75) is 12.5 Å². The Balaban J connectivity index is 2.30. The van der Waals surface area contributed by atoms with Crippen molar-refractivity contribution >= 4 is 21.6 Å². The molecule has 0 aliphatic rings. The van der Waals surface area contributed by atoms with Gasteiger partial charge in [0.1, 0.15) is 5.82 Å².